The van der Waals surface area contributed by atoms with Crippen LogP contribution in [0.1, 0.15) is 29.9 Å². The number of anilines is 1. The van der Waals surface area contributed by atoms with Crippen LogP contribution in [0.5, 0.6) is 0 Å². The molecule has 0 bridgehead atoms. The van der Waals surface area contributed by atoms with Crippen LogP contribution in [0, 0.1) is 0 Å². The standard InChI is InChI=1S/C11H13NO2/c12-9-3-1-2-7-4-5-8(11(7)9)6-10(13)14/h1-3,8H,4-6,12H2,(H,13,14). The highest BCUT2D eigenvalue weighted by atomic mass is 16.4. The molecule has 14 heavy (non-hydrogen) atoms. The molecule has 1 aromatic rings. The summed E-state index contributed by atoms with van der Waals surface area (Å²) in [6, 6.07) is 5.81. The highest BCUT2D eigenvalue weighted by Crippen LogP contribution is 2.38. The van der Waals surface area contributed by atoms with Crippen molar-refractivity contribution in [2.45, 2.75) is 25.2 Å². The topological polar surface area (TPSA) is 63.3 Å². The average molecular weight is 191 g/mol. The third-order valence-corrected chi connectivity index (χ3v) is 2.82. The number of carboxylic acids is 1. The number of carboxylic acid groups (broad SMARTS) is 1. The van der Waals surface area contributed by atoms with Crippen molar-refractivity contribution in [1.82, 2.24) is 0 Å². The molecule has 1 aromatic carbocycles. The van der Waals surface area contributed by atoms with E-state index in [0.29, 0.717) is 0 Å². The van der Waals surface area contributed by atoms with E-state index in [-0.39, 0.29) is 12.3 Å². The Balaban J connectivity index is 2.33. The molecule has 1 aliphatic rings. The molecule has 3 heteroatoms. The van der Waals surface area contributed by atoms with Gasteiger partial charge in [0.2, 0.25) is 0 Å². The molecule has 0 saturated carbocycles. The fourth-order valence-electron chi connectivity index (χ4n) is 2.24. The number of aliphatic carboxylic acids is 1. The van der Waals surface area contributed by atoms with E-state index in [1.54, 1.807) is 0 Å². The summed E-state index contributed by atoms with van der Waals surface area (Å²) in [5, 5.41) is 8.75. The molecule has 0 saturated heterocycles. The predicted octanol–water partition coefficient (Wildman–Crippen LogP) is 1.77. The Kier molecular flexibility index (Phi) is 2.15. The summed E-state index contributed by atoms with van der Waals surface area (Å²) < 4.78 is 0. The van der Waals surface area contributed by atoms with Crippen molar-refractivity contribution < 1.29 is 9.90 Å². The van der Waals surface area contributed by atoms with Crippen LogP contribution in [-0.4, -0.2) is 11.1 Å². The van der Waals surface area contributed by atoms with Gasteiger partial charge in [0.1, 0.15) is 0 Å². The number of benzene rings is 1. The van der Waals surface area contributed by atoms with Gasteiger partial charge in [-0.1, -0.05) is 12.1 Å². The minimum Gasteiger partial charge on any atom is -0.481 e. The zero-order valence-corrected chi connectivity index (χ0v) is 7.86. The first-order valence-electron chi connectivity index (χ1n) is 4.77. The Bertz CT molecular complexity index is 374. The Hall–Kier alpha value is -1.51. The zero-order valence-electron chi connectivity index (χ0n) is 7.86. The maximum atomic E-state index is 10.6. The molecule has 0 radical (unpaired) electrons. The van der Waals surface area contributed by atoms with Gasteiger partial charge in [-0.05, 0) is 36.0 Å². The second-order valence-electron chi connectivity index (χ2n) is 3.75. The van der Waals surface area contributed by atoms with Crippen LogP contribution in [0.15, 0.2) is 18.2 Å². The lowest BCUT2D eigenvalue weighted by Gasteiger charge is -2.10. The van der Waals surface area contributed by atoms with Crippen LogP contribution in [0.25, 0.3) is 0 Å². The van der Waals surface area contributed by atoms with E-state index in [2.05, 4.69) is 0 Å². The van der Waals surface area contributed by atoms with Gasteiger partial charge >= 0.3 is 5.97 Å². The van der Waals surface area contributed by atoms with Crippen LogP contribution >= 0.6 is 0 Å². The summed E-state index contributed by atoms with van der Waals surface area (Å²) in [7, 11) is 0. The van der Waals surface area contributed by atoms with Crippen LogP contribution in [0.3, 0.4) is 0 Å². The molecule has 3 N–H and O–H groups in total. The first-order chi connectivity index (χ1) is 6.68. The second-order valence-corrected chi connectivity index (χ2v) is 3.75. The third kappa shape index (κ3) is 1.45. The van der Waals surface area contributed by atoms with E-state index in [4.69, 9.17) is 10.8 Å². The van der Waals surface area contributed by atoms with Crippen LogP contribution in [0.2, 0.25) is 0 Å². The Morgan fingerprint density at radius 3 is 3.07 bits per heavy atom. The number of hydrogen-bond acceptors (Lipinski definition) is 2. The van der Waals surface area contributed by atoms with E-state index in [1.165, 1.54) is 5.56 Å². The number of nitrogen functional groups attached to an aromatic ring is 1. The molecule has 3 nitrogen and oxygen atoms in total. The molecular formula is C11H13NO2. The highest BCUT2D eigenvalue weighted by Gasteiger charge is 2.26. The van der Waals surface area contributed by atoms with Gasteiger partial charge in [-0.2, -0.15) is 0 Å². The molecule has 74 valence electrons. The van der Waals surface area contributed by atoms with Gasteiger partial charge < -0.3 is 10.8 Å². The SMILES string of the molecule is Nc1cccc2c1C(CC(=O)O)CC2. The number of rotatable bonds is 2. The lowest BCUT2D eigenvalue weighted by atomic mass is 9.96. The molecule has 1 atom stereocenters. The molecule has 0 heterocycles. The van der Waals surface area contributed by atoms with Crippen molar-refractivity contribution in [3.05, 3.63) is 29.3 Å². The van der Waals surface area contributed by atoms with Gasteiger partial charge in [0.25, 0.3) is 0 Å². The molecule has 1 unspecified atom stereocenters. The minimum atomic E-state index is -0.744. The van der Waals surface area contributed by atoms with E-state index >= 15 is 0 Å². The number of hydrogen-bond donors (Lipinski definition) is 2. The smallest absolute Gasteiger partial charge is 0.303 e. The van der Waals surface area contributed by atoms with Gasteiger partial charge in [0.15, 0.2) is 0 Å². The molecule has 0 fully saturated rings. The van der Waals surface area contributed by atoms with Crippen LogP contribution in [-0.2, 0) is 11.2 Å². The lowest BCUT2D eigenvalue weighted by Crippen LogP contribution is -2.05. The van der Waals surface area contributed by atoms with Gasteiger partial charge in [-0.3, -0.25) is 4.79 Å². The Morgan fingerprint density at radius 2 is 2.36 bits per heavy atom. The fraction of sp³-hybridized carbons (Fsp3) is 0.364. The second kappa shape index (κ2) is 3.33. The maximum Gasteiger partial charge on any atom is 0.303 e. The number of carbonyl (C=O) groups is 1. The Morgan fingerprint density at radius 1 is 1.57 bits per heavy atom. The molecule has 0 spiro atoms. The third-order valence-electron chi connectivity index (χ3n) is 2.82. The van der Waals surface area contributed by atoms with E-state index in [1.807, 2.05) is 18.2 Å². The fourth-order valence-corrected chi connectivity index (χ4v) is 2.24. The quantitative estimate of drug-likeness (QED) is 0.700. The summed E-state index contributed by atoms with van der Waals surface area (Å²) in [5.74, 6) is -0.630. The van der Waals surface area contributed by atoms with E-state index < -0.39 is 5.97 Å². The zero-order chi connectivity index (χ0) is 10.1. The normalized spacial score (nSPS) is 19.3. The van der Waals surface area contributed by atoms with Crippen molar-refractivity contribution in [1.29, 1.82) is 0 Å². The van der Waals surface area contributed by atoms with E-state index in [0.717, 1.165) is 24.1 Å². The van der Waals surface area contributed by atoms with Gasteiger partial charge in [-0.15, -0.1) is 0 Å². The van der Waals surface area contributed by atoms with Crippen molar-refractivity contribution in [2.24, 2.45) is 0 Å². The minimum absolute atomic E-state index is 0.115. The van der Waals surface area contributed by atoms with E-state index in [9.17, 15) is 4.79 Å². The largest absolute Gasteiger partial charge is 0.481 e. The maximum absolute atomic E-state index is 10.6. The predicted molar refractivity (Wildman–Crippen MR) is 54.2 cm³/mol. The first-order valence-corrected chi connectivity index (χ1v) is 4.77. The van der Waals surface area contributed by atoms with Crippen molar-refractivity contribution in [3.63, 3.8) is 0 Å². The summed E-state index contributed by atoms with van der Waals surface area (Å²) >= 11 is 0. The van der Waals surface area contributed by atoms with Gasteiger partial charge in [-0.25, -0.2) is 0 Å². The van der Waals surface area contributed by atoms with Crippen LogP contribution in [0.4, 0.5) is 5.69 Å². The summed E-state index contributed by atoms with van der Waals surface area (Å²) in [4.78, 5) is 10.6. The number of nitrogens with two attached hydrogens (primary N) is 1. The van der Waals surface area contributed by atoms with Gasteiger partial charge in [0.05, 0.1) is 6.42 Å². The van der Waals surface area contributed by atoms with Crippen molar-refractivity contribution in [2.75, 3.05) is 5.73 Å². The molecule has 0 aromatic heterocycles. The number of aryl methyl sites for hydroxylation is 1. The van der Waals surface area contributed by atoms with Crippen LogP contribution < -0.4 is 5.73 Å². The summed E-state index contributed by atoms with van der Waals surface area (Å²) in [6.07, 6.45) is 2.06. The molecule has 0 aliphatic heterocycles. The molecule has 0 amide bonds. The van der Waals surface area contributed by atoms with Gasteiger partial charge in [0, 0.05) is 5.69 Å². The lowest BCUT2D eigenvalue weighted by molar-refractivity contribution is -0.137. The monoisotopic (exact) mass is 191 g/mol. The highest BCUT2D eigenvalue weighted by molar-refractivity contribution is 5.69. The molecular weight excluding hydrogens is 178 g/mol. The Labute approximate surface area is 82.5 Å². The molecule has 2 rings (SSSR count). The molecule has 1 aliphatic carbocycles. The average Bonchev–Trinajstić information content (AvgIpc) is 2.49. The summed E-state index contributed by atoms with van der Waals surface area (Å²) in [5.41, 5.74) is 8.87. The van der Waals surface area contributed by atoms with Crippen molar-refractivity contribution in [3.8, 4) is 0 Å². The van der Waals surface area contributed by atoms with Crippen molar-refractivity contribution >= 4 is 11.7 Å². The first kappa shape index (κ1) is 9.06. The number of fused-ring (bicyclic) bond motifs is 1. The summed E-state index contributed by atoms with van der Waals surface area (Å²) in [6.45, 7) is 0.